The molecule has 0 unspecified atom stereocenters. The molecule has 0 saturated heterocycles. The number of hydrogen-bond donors (Lipinski definition) is 1. The highest BCUT2D eigenvalue weighted by Gasteiger charge is 2.23. The van der Waals surface area contributed by atoms with Crippen LogP contribution in [0.4, 0.5) is 4.39 Å². The van der Waals surface area contributed by atoms with Gasteiger partial charge in [-0.1, -0.05) is 18.2 Å². The molecule has 2 heterocycles. The lowest BCUT2D eigenvalue weighted by molar-refractivity contribution is 0.0966. The van der Waals surface area contributed by atoms with Gasteiger partial charge < -0.3 is 10.1 Å². The van der Waals surface area contributed by atoms with Gasteiger partial charge in [0, 0.05) is 36.5 Å². The lowest BCUT2D eigenvalue weighted by Gasteiger charge is -2.13. The van der Waals surface area contributed by atoms with Crippen molar-refractivity contribution in [3.63, 3.8) is 0 Å². The van der Waals surface area contributed by atoms with Gasteiger partial charge in [0.25, 0.3) is 5.91 Å². The van der Waals surface area contributed by atoms with Crippen molar-refractivity contribution in [1.82, 2.24) is 15.1 Å². The van der Waals surface area contributed by atoms with Crippen LogP contribution in [0.5, 0.6) is 5.75 Å². The standard InChI is InChI=1S/C19H16FN3O2/c1-23-7-6-13(22-23)11-25-18-8-12-10-21-19(24)15(12)9-16(18)14-4-2-3-5-17(14)20/h2-9H,10-11H2,1H3,(H,21,24). The number of aryl methyl sites for hydroxylation is 1. The van der Waals surface area contributed by atoms with Gasteiger partial charge in [0.05, 0.1) is 5.69 Å². The predicted molar refractivity (Wildman–Crippen MR) is 90.5 cm³/mol. The smallest absolute Gasteiger partial charge is 0.251 e. The number of rotatable bonds is 4. The molecule has 3 aromatic rings. The zero-order chi connectivity index (χ0) is 17.4. The summed E-state index contributed by atoms with van der Waals surface area (Å²) >= 11 is 0. The lowest BCUT2D eigenvalue weighted by atomic mass is 9.98. The summed E-state index contributed by atoms with van der Waals surface area (Å²) in [5, 5.41) is 7.06. The molecule has 1 amide bonds. The minimum atomic E-state index is -0.358. The Kier molecular flexibility index (Phi) is 3.72. The third-order valence-electron chi connectivity index (χ3n) is 4.20. The van der Waals surface area contributed by atoms with E-state index in [0.717, 1.165) is 11.3 Å². The fourth-order valence-electron chi connectivity index (χ4n) is 2.95. The van der Waals surface area contributed by atoms with E-state index < -0.39 is 0 Å². The van der Waals surface area contributed by atoms with E-state index in [1.54, 1.807) is 35.0 Å². The molecule has 0 bridgehead atoms. The summed E-state index contributed by atoms with van der Waals surface area (Å²) in [4.78, 5) is 12.0. The average Bonchev–Trinajstić information content (AvgIpc) is 3.18. The molecule has 25 heavy (non-hydrogen) atoms. The van der Waals surface area contributed by atoms with E-state index in [2.05, 4.69) is 10.4 Å². The molecule has 4 rings (SSSR count). The fraction of sp³-hybridized carbons (Fsp3) is 0.158. The Labute approximate surface area is 144 Å². The van der Waals surface area contributed by atoms with Crippen LogP contribution in [-0.4, -0.2) is 15.7 Å². The fourth-order valence-corrected chi connectivity index (χ4v) is 2.95. The third-order valence-corrected chi connectivity index (χ3v) is 4.20. The monoisotopic (exact) mass is 337 g/mol. The molecule has 0 saturated carbocycles. The van der Waals surface area contributed by atoms with Crippen molar-refractivity contribution in [3.05, 3.63) is 71.3 Å². The van der Waals surface area contributed by atoms with Gasteiger partial charge in [-0.2, -0.15) is 5.10 Å². The van der Waals surface area contributed by atoms with Gasteiger partial charge >= 0.3 is 0 Å². The van der Waals surface area contributed by atoms with Crippen LogP contribution in [0.1, 0.15) is 21.6 Å². The molecule has 0 radical (unpaired) electrons. The first-order chi connectivity index (χ1) is 12.1. The number of hydrogen-bond acceptors (Lipinski definition) is 3. The molecule has 0 spiro atoms. The Hall–Kier alpha value is -3.15. The first-order valence-electron chi connectivity index (χ1n) is 7.93. The molecule has 1 aliphatic rings. The van der Waals surface area contributed by atoms with E-state index in [0.29, 0.717) is 29.0 Å². The molecule has 1 N–H and O–H groups in total. The van der Waals surface area contributed by atoms with Crippen LogP contribution in [0.3, 0.4) is 0 Å². The van der Waals surface area contributed by atoms with Gasteiger partial charge in [-0.15, -0.1) is 0 Å². The topological polar surface area (TPSA) is 56.1 Å². The molecule has 5 nitrogen and oxygen atoms in total. The van der Waals surface area contributed by atoms with Gasteiger partial charge in [0.2, 0.25) is 0 Å². The molecule has 1 aromatic heterocycles. The predicted octanol–water partition coefficient (Wildman–Crippen LogP) is 3.05. The van der Waals surface area contributed by atoms with Crippen molar-refractivity contribution in [3.8, 4) is 16.9 Å². The maximum absolute atomic E-state index is 14.3. The molecular weight excluding hydrogens is 321 g/mol. The molecule has 126 valence electrons. The van der Waals surface area contributed by atoms with E-state index in [1.807, 2.05) is 19.3 Å². The summed E-state index contributed by atoms with van der Waals surface area (Å²) in [6.45, 7) is 0.716. The number of nitrogens with one attached hydrogen (secondary N) is 1. The van der Waals surface area contributed by atoms with Crippen LogP contribution < -0.4 is 10.1 Å². The Morgan fingerprint density at radius 2 is 2.04 bits per heavy atom. The van der Waals surface area contributed by atoms with Crippen LogP contribution in [0, 0.1) is 5.82 Å². The number of benzene rings is 2. The summed E-state index contributed by atoms with van der Waals surface area (Å²) in [6, 6.07) is 11.8. The first-order valence-corrected chi connectivity index (χ1v) is 7.93. The zero-order valence-corrected chi connectivity index (χ0v) is 13.6. The molecule has 6 heteroatoms. The van der Waals surface area contributed by atoms with E-state index in [-0.39, 0.29) is 18.3 Å². The number of fused-ring (bicyclic) bond motifs is 1. The lowest BCUT2D eigenvalue weighted by Crippen LogP contribution is -2.12. The first kappa shape index (κ1) is 15.4. The number of ether oxygens (including phenoxy) is 1. The number of amides is 1. The van der Waals surface area contributed by atoms with Crippen LogP contribution in [0.2, 0.25) is 0 Å². The Bertz CT molecular complexity index is 965. The Morgan fingerprint density at radius 3 is 2.80 bits per heavy atom. The second-order valence-corrected chi connectivity index (χ2v) is 5.94. The van der Waals surface area contributed by atoms with Crippen molar-refractivity contribution in [2.75, 3.05) is 0 Å². The molecule has 0 aliphatic carbocycles. The minimum Gasteiger partial charge on any atom is -0.487 e. The van der Waals surface area contributed by atoms with Crippen molar-refractivity contribution in [1.29, 1.82) is 0 Å². The number of halogens is 1. The summed E-state index contributed by atoms with van der Waals surface area (Å²) in [6.07, 6.45) is 1.84. The van der Waals surface area contributed by atoms with Crippen molar-refractivity contribution >= 4 is 5.91 Å². The zero-order valence-electron chi connectivity index (χ0n) is 13.6. The van der Waals surface area contributed by atoms with Crippen LogP contribution in [0.25, 0.3) is 11.1 Å². The maximum atomic E-state index is 14.3. The van der Waals surface area contributed by atoms with Crippen LogP contribution >= 0.6 is 0 Å². The highest BCUT2D eigenvalue weighted by atomic mass is 19.1. The Balaban J connectivity index is 1.76. The quantitative estimate of drug-likeness (QED) is 0.796. The number of nitrogens with zero attached hydrogens (tertiary/aromatic N) is 2. The van der Waals surface area contributed by atoms with Crippen molar-refractivity contribution in [2.24, 2.45) is 7.05 Å². The molecule has 2 aromatic carbocycles. The largest absolute Gasteiger partial charge is 0.487 e. The molecule has 1 aliphatic heterocycles. The summed E-state index contributed by atoms with van der Waals surface area (Å²) < 4.78 is 21.9. The minimum absolute atomic E-state index is 0.149. The van der Waals surface area contributed by atoms with E-state index >= 15 is 0 Å². The molecule has 0 atom stereocenters. The van der Waals surface area contributed by atoms with Crippen LogP contribution in [-0.2, 0) is 20.2 Å². The highest BCUT2D eigenvalue weighted by molar-refractivity contribution is 6.00. The second-order valence-electron chi connectivity index (χ2n) is 5.94. The Morgan fingerprint density at radius 1 is 1.20 bits per heavy atom. The molecule has 0 fully saturated rings. The number of carbonyl (C=O) groups excluding carboxylic acids is 1. The summed E-state index contributed by atoms with van der Waals surface area (Å²) in [5.74, 6) is 0.0263. The normalized spacial score (nSPS) is 12.8. The second kappa shape index (κ2) is 6.05. The van der Waals surface area contributed by atoms with Gasteiger partial charge in [0.15, 0.2) is 0 Å². The van der Waals surface area contributed by atoms with Crippen molar-refractivity contribution in [2.45, 2.75) is 13.2 Å². The van der Waals surface area contributed by atoms with Gasteiger partial charge in [-0.05, 0) is 29.8 Å². The van der Waals surface area contributed by atoms with E-state index in [4.69, 9.17) is 4.74 Å². The third kappa shape index (κ3) is 2.87. The van der Waals surface area contributed by atoms with Gasteiger partial charge in [-0.25, -0.2) is 4.39 Å². The van der Waals surface area contributed by atoms with Gasteiger partial charge in [0.1, 0.15) is 18.2 Å². The maximum Gasteiger partial charge on any atom is 0.251 e. The van der Waals surface area contributed by atoms with Crippen LogP contribution in [0.15, 0.2) is 48.7 Å². The van der Waals surface area contributed by atoms with Crippen molar-refractivity contribution < 1.29 is 13.9 Å². The van der Waals surface area contributed by atoms with E-state index in [9.17, 15) is 9.18 Å². The SMILES string of the molecule is Cn1ccc(COc2cc3c(cc2-c2ccccc2F)C(=O)NC3)n1. The molecular formula is C19H16FN3O2. The average molecular weight is 337 g/mol. The summed E-state index contributed by atoms with van der Waals surface area (Å²) in [5.41, 5.74) is 3.15. The highest BCUT2D eigenvalue weighted by Crippen LogP contribution is 2.36. The van der Waals surface area contributed by atoms with E-state index in [1.165, 1.54) is 6.07 Å². The van der Waals surface area contributed by atoms with Gasteiger partial charge in [-0.3, -0.25) is 9.48 Å². The number of aromatic nitrogens is 2. The number of carbonyl (C=O) groups is 1. The summed E-state index contributed by atoms with van der Waals surface area (Å²) in [7, 11) is 1.83.